The highest BCUT2D eigenvalue weighted by molar-refractivity contribution is 7.17. The van der Waals surface area contributed by atoms with Crippen LogP contribution in [0.15, 0.2) is 24.3 Å². The van der Waals surface area contributed by atoms with Gasteiger partial charge in [-0.25, -0.2) is 9.18 Å². The molecule has 0 amide bonds. The van der Waals surface area contributed by atoms with Crippen molar-refractivity contribution >= 4 is 17.3 Å². The lowest BCUT2D eigenvalue weighted by Gasteiger charge is -2.07. The summed E-state index contributed by atoms with van der Waals surface area (Å²) in [5.74, 6) is -0.835. The van der Waals surface area contributed by atoms with Crippen LogP contribution in [0, 0.1) is 12.7 Å². The molecule has 2 rings (SSSR count). The van der Waals surface area contributed by atoms with E-state index in [1.54, 1.807) is 13.0 Å². The Morgan fingerprint density at radius 2 is 2.11 bits per heavy atom. The molecule has 94 valence electrons. The molecule has 0 saturated heterocycles. The third-order valence-electron chi connectivity index (χ3n) is 2.53. The molecule has 2 aromatic rings. The zero-order valence-electron chi connectivity index (χ0n) is 9.86. The van der Waals surface area contributed by atoms with Gasteiger partial charge in [0.2, 0.25) is 0 Å². The van der Waals surface area contributed by atoms with Crippen LogP contribution >= 0.6 is 11.3 Å². The maximum absolute atomic E-state index is 13.3. The first kappa shape index (κ1) is 12.6. The zero-order chi connectivity index (χ0) is 13.3. The highest BCUT2D eigenvalue weighted by Crippen LogP contribution is 2.38. The number of rotatable bonds is 3. The van der Waals surface area contributed by atoms with E-state index in [4.69, 9.17) is 9.84 Å². The highest BCUT2D eigenvalue weighted by atomic mass is 32.1. The first-order chi connectivity index (χ1) is 8.52. The van der Waals surface area contributed by atoms with Gasteiger partial charge < -0.3 is 9.84 Å². The number of hydrogen-bond acceptors (Lipinski definition) is 3. The number of thiophene rings is 1. The van der Waals surface area contributed by atoms with E-state index in [0.717, 1.165) is 16.9 Å². The number of aromatic carboxylic acids is 1. The Kier molecular flexibility index (Phi) is 3.34. The summed E-state index contributed by atoms with van der Waals surface area (Å²) >= 11 is 1.11. The van der Waals surface area contributed by atoms with Gasteiger partial charge in [-0.3, -0.25) is 0 Å². The van der Waals surface area contributed by atoms with Crippen molar-refractivity contribution in [2.75, 3.05) is 7.11 Å². The molecule has 0 fully saturated rings. The fourth-order valence-electron chi connectivity index (χ4n) is 1.71. The second kappa shape index (κ2) is 4.78. The van der Waals surface area contributed by atoms with E-state index < -0.39 is 5.97 Å². The van der Waals surface area contributed by atoms with E-state index in [1.165, 1.54) is 25.3 Å². The average molecular weight is 266 g/mol. The Morgan fingerprint density at radius 3 is 2.67 bits per heavy atom. The average Bonchev–Trinajstić information content (AvgIpc) is 2.71. The van der Waals surface area contributed by atoms with Crippen LogP contribution in [0.3, 0.4) is 0 Å². The molecule has 1 N–H and O–H groups in total. The van der Waals surface area contributed by atoms with Gasteiger partial charge in [0, 0.05) is 10.4 Å². The van der Waals surface area contributed by atoms with E-state index in [1.807, 2.05) is 0 Å². The standard InChI is InChI=1S/C13H11FO3S/c1-7-5-11(13(15)16)18-12(7)9-6-8(14)3-4-10(9)17-2/h3-6H,1-2H3,(H,15,16). The van der Waals surface area contributed by atoms with Gasteiger partial charge in [-0.2, -0.15) is 0 Å². The van der Waals surface area contributed by atoms with Gasteiger partial charge in [-0.05, 0) is 36.8 Å². The molecule has 3 nitrogen and oxygen atoms in total. The normalized spacial score (nSPS) is 10.4. The molecule has 0 saturated carbocycles. The Morgan fingerprint density at radius 1 is 1.39 bits per heavy atom. The topological polar surface area (TPSA) is 46.5 Å². The van der Waals surface area contributed by atoms with Crippen molar-refractivity contribution in [2.24, 2.45) is 0 Å². The zero-order valence-corrected chi connectivity index (χ0v) is 10.7. The second-order valence-corrected chi connectivity index (χ2v) is 4.82. The fourth-order valence-corrected chi connectivity index (χ4v) is 2.74. The molecule has 0 aliphatic heterocycles. The van der Waals surface area contributed by atoms with Crippen LogP contribution in [0.1, 0.15) is 15.2 Å². The smallest absolute Gasteiger partial charge is 0.345 e. The van der Waals surface area contributed by atoms with Crippen molar-refractivity contribution < 1.29 is 19.0 Å². The van der Waals surface area contributed by atoms with Crippen molar-refractivity contribution in [1.82, 2.24) is 0 Å². The molecule has 18 heavy (non-hydrogen) atoms. The van der Waals surface area contributed by atoms with E-state index in [-0.39, 0.29) is 10.7 Å². The molecule has 0 atom stereocenters. The summed E-state index contributed by atoms with van der Waals surface area (Å²) in [4.78, 5) is 11.9. The SMILES string of the molecule is COc1ccc(F)cc1-c1sc(C(=O)O)cc1C. The first-order valence-corrected chi connectivity index (χ1v) is 6.02. The number of benzene rings is 1. The Labute approximate surface area is 107 Å². The number of carbonyl (C=O) groups is 1. The number of ether oxygens (including phenoxy) is 1. The Bertz CT molecular complexity index is 604. The number of carboxylic acids is 1. The second-order valence-electron chi connectivity index (χ2n) is 3.77. The number of hydrogen-bond donors (Lipinski definition) is 1. The van der Waals surface area contributed by atoms with Crippen LogP contribution in [-0.4, -0.2) is 18.2 Å². The molecule has 0 aliphatic carbocycles. The maximum Gasteiger partial charge on any atom is 0.345 e. The van der Waals surface area contributed by atoms with E-state index in [2.05, 4.69) is 0 Å². The number of methoxy groups -OCH3 is 1. The maximum atomic E-state index is 13.3. The van der Waals surface area contributed by atoms with Gasteiger partial charge in [-0.1, -0.05) is 0 Å². The molecular formula is C13H11FO3S. The van der Waals surface area contributed by atoms with Crippen LogP contribution in [0.4, 0.5) is 4.39 Å². The third kappa shape index (κ3) is 2.22. The molecule has 0 spiro atoms. The summed E-state index contributed by atoms with van der Waals surface area (Å²) in [6.45, 7) is 1.79. The van der Waals surface area contributed by atoms with Gasteiger partial charge in [0.15, 0.2) is 0 Å². The predicted molar refractivity (Wildman–Crippen MR) is 68.0 cm³/mol. The Balaban J connectivity index is 2.60. The Hall–Kier alpha value is -1.88. The van der Waals surface area contributed by atoms with Gasteiger partial charge >= 0.3 is 5.97 Å². The fraction of sp³-hybridized carbons (Fsp3) is 0.154. The van der Waals surface area contributed by atoms with Crippen LogP contribution in [0.25, 0.3) is 10.4 Å². The molecule has 0 aliphatic rings. The van der Waals surface area contributed by atoms with Gasteiger partial charge in [0.05, 0.1) is 7.11 Å². The number of carboxylic acid groups (broad SMARTS) is 1. The summed E-state index contributed by atoms with van der Waals surface area (Å²) < 4.78 is 18.5. The predicted octanol–water partition coefficient (Wildman–Crippen LogP) is 3.57. The summed E-state index contributed by atoms with van der Waals surface area (Å²) in [6, 6.07) is 5.77. The summed E-state index contributed by atoms with van der Waals surface area (Å²) in [7, 11) is 1.50. The first-order valence-electron chi connectivity index (χ1n) is 5.20. The van der Waals surface area contributed by atoms with Crippen molar-refractivity contribution in [2.45, 2.75) is 6.92 Å². The minimum absolute atomic E-state index is 0.230. The lowest BCUT2D eigenvalue weighted by atomic mass is 10.1. The van der Waals surface area contributed by atoms with Crippen LogP contribution < -0.4 is 4.74 Å². The van der Waals surface area contributed by atoms with Crippen molar-refractivity contribution in [3.8, 4) is 16.2 Å². The molecule has 5 heteroatoms. The minimum Gasteiger partial charge on any atom is -0.496 e. The van der Waals surface area contributed by atoms with Crippen molar-refractivity contribution in [3.05, 3.63) is 40.5 Å². The minimum atomic E-state index is -0.982. The van der Waals surface area contributed by atoms with E-state index >= 15 is 0 Å². The van der Waals surface area contributed by atoms with Crippen molar-refractivity contribution in [3.63, 3.8) is 0 Å². The van der Waals surface area contributed by atoms with Crippen LogP contribution in [-0.2, 0) is 0 Å². The van der Waals surface area contributed by atoms with Gasteiger partial charge in [0.25, 0.3) is 0 Å². The van der Waals surface area contributed by atoms with Crippen molar-refractivity contribution in [1.29, 1.82) is 0 Å². The highest BCUT2D eigenvalue weighted by Gasteiger charge is 2.16. The summed E-state index contributed by atoms with van der Waals surface area (Å²) in [5, 5.41) is 8.96. The lowest BCUT2D eigenvalue weighted by molar-refractivity contribution is 0.0702. The number of halogens is 1. The molecule has 1 heterocycles. The third-order valence-corrected chi connectivity index (χ3v) is 3.79. The largest absolute Gasteiger partial charge is 0.496 e. The summed E-state index contributed by atoms with van der Waals surface area (Å²) in [6.07, 6.45) is 0. The summed E-state index contributed by atoms with van der Waals surface area (Å²) in [5.41, 5.74) is 1.37. The number of aryl methyl sites for hydroxylation is 1. The quantitative estimate of drug-likeness (QED) is 0.923. The van der Waals surface area contributed by atoms with Gasteiger partial charge in [0.1, 0.15) is 16.4 Å². The van der Waals surface area contributed by atoms with E-state index in [9.17, 15) is 9.18 Å². The van der Waals surface area contributed by atoms with Crippen LogP contribution in [0.2, 0.25) is 0 Å². The molecule has 1 aromatic heterocycles. The lowest BCUT2D eigenvalue weighted by Crippen LogP contribution is -1.89. The molecule has 0 radical (unpaired) electrons. The van der Waals surface area contributed by atoms with Crippen LogP contribution in [0.5, 0.6) is 5.75 Å². The van der Waals surface area contributed by atoms with E-state index in [0.29, 0.717) is 16.2 Å². The molecular weight excluding hydrogens is 255 g/mol. The molecule has 0 bridgehead atoms. The molecule has 0 unspecified atom stereocenters. The molecule has 1 aromatic carbocycles. The monoisotopic (exact) mass is 266 g/mol. The van der Waals surface area contributed by atoms with Gasteiger partial charge in [-0.15, -0.1) is 11.3 Å².